The highest BCUT2D eigenvalue weighted by molar-refractivity contribution is 5.98. The normalized spacial score (nSPS) is 23.8. The quantitative estimate of drug-likeness (QED) is 0.837. The summed E-state index contributed by atoms with van der Waals surface area (Å²) in [7, 11) is 0. The molecule has 0 saturated carbocycles. The number of ketones is 1. The molecule has 1 aromatic carbocycles. The van der Waals surface area contributed by atoms with E-state index in [1.807, 2.05) is 0 Å². The Morgan fingerprint density at radius 3 is 2.74 bits per heavy atom. The summed E-state index contributed by atoms with van der Waals surface area (Å²) < 4.78 is 13.3. The van der Waals surface area contributed by atoms with Crippen molar-refractivity contribution >= 4 is 5.78 Å². The van der Waals surface area contributed by atoms with Crippen LogP contribution in [0, 0.1) is 11.7 Å². The van der Waals surface area contributed by atoms with E-state index in [2.05, 4.69) is 15.1 Å². The Balaban J connectivity index is 1.52. The Morgan fingerprint density at radius 1 is 1.17 bits per heavy atom. The molecule has 2 saturated heterocycles. The molecular weight excluding hydrogens is 293 g/mol. The van der Waals surface area contributed by atoms with Gasteiger partial charge in [0.2, 0.25) is 0 Å². The van der Waals surface area contributed by atoms with Gasteiger partial charge in [-0.2, -0.15) is 0 Å². The molecule has 1 aromatic rings. The van der Waals surface area contributed by atoms with Gasteiger partial charge >= 0.3 is 0 Å². The number of piperidine rings is 1. The van der Waals surface area contributed by atoms with Gasteiger partial charge in [-0.15, -0.1) is 0 Å². The second-order valence-electron chi connectivity index (χ2n) is 6.61. The van der Waals surface area contributed by atoms with Crippen LogP contribution in [0.15, 0.2) is 24.3 Å². The third-order valence-corrected chi connectivity index (χ3v) is 4.93. The van der Waals surface area contributed by atoms with Crippen LogP contribution in [0.25, 0.3) is 0 Å². The monoisotopic (exact) mass is 319 g/mol. The molecule has 2 fully saturated rings. The SMILES string of the molecule is O=C(c1cccc(F)c1)C1CCCN(CCN2CCNCC2)C1. The Hall–Kier alpha value is -1.30. The molecule has 0 radical (unpaired) electrons. The number of rotatable bonds is 5. The number of hydrogen-bond donors (Lipinski definition) is 1. The van der Waals surface area contributed by atoms with Crippen molar-refractivity contribution in [1.29, 1.82) is 0 Å². The lowest BCUT2D eigenvalue weighted by Crippen LogP contribution is -2.48. The first-order valence-electron chi connectivity index (χ1n) is 8.67. The molecule has 1 unspecified atom stereocenters. The first kappa shape index (κ1) is 16.6. The summed E-state index contributed by atoms with van der Waals surface area (Å²) in [5.41, 5.74) is 0.513. The largest absolute Gasteiger partial charge is 0.314 e. The van der Waals surface area contributed by atoms with Gasteiger partial charge in [0.05, 0.1) is 0 Å². The molecule has 0 bridgehead atoms. The highest BCUT2D eigenvalue weighted by Gasteiger charge is 2.27. The molecule has 2 aliphatic heterocycles. The van der Waals surface area contributed by atoms with Gasteiger partial charge in [0.1, 0.15) is 5.82 Å². The van der Waals surface area contributed by atoms with Crippen LogP contribution in [0.5, 0.6) is 0 Å². The van der Waals surface area contributed by atoms with Crippen molar-refractivity contribution in [1.82, 2.24) is 15.1 Å². The van der Waals surface area contributed by atoms with E-state index in [1.165, 1.54) is 12.1 Å². The summed E-state index contributed by atoms with van der Waals surface area (Å²) in [5.74, 6) is -0.229. The number of likely N-dealkylation sites (tertiary alicyclic amines) is 1. The summed E-state index contributed by atoms with van der Waals surface area (Å²) in [6.45, 7) is 8.33. The maximum absolute atomic E-state index is 13.3. The van der Waals surface area contributed by atoms with Crippen molar-refractivity contribution in [3.63, 3.8) is 0 Å². The van der Waals surface area contributed by atoms with Crippen LogP contribution < -0.4 is 5.32 Å². The van der Waals surface area contributed by atoms with Crippen molar-refractivity contribution in [3.05, 3.63) is 35.6 Å². The van der Waals surface area contributed by atoms with E-state index in [1.54, 1.807) is 12.1 Å². The Bertz CT molecular complexity index is 531. The molecule has 3 rings (SSSR count). The van der Waals surface area contributed by atoms with E-state index >= 15 is 0 Å². The second kappa shape index (κ2) is 7.99. The van der Waals surface area contributed by atoms with Gasteiger partial charge in [0.15, 0.2) is 5.78 Å². The van der Waals surface area contributed by atoms with E-state index in [-0.39, 0.29) is 17.5 Å². The van der Waals surface area contributed by atoms with Gasteiger partial charge in [-0.1, -0.05) is 12.1 Å². The standard InChI is InChI=1S/C18H26FN3O/c19-17-5-1-3-15(13-17)18(23)16-4-2-8-22(14-16)12-11-21-9-6-20-7-10-21/h1,3,5,13,16,20H,2,4,6-12,14H2. The van der Waals surface area contributed by atoms with Gasteiger partial charge in [-0.25, -0.2) is 4.39 Å². The highest BCUT2D eigenvalue weighted by Crippen LogP contribution is 2.21. The topological polar surface area (TPSA) is 35.6 Å². The molecule has 1 N–H and O–H groups in total. The lowest BCUT2D eigenvalue weighted by Gasteiger charge is -2.34. The lowest BCUT2D eigenvalue weighted by molar-refractivity contribution is 0.0801. The fourth-order valence-electron chi connectivity index (χ4n) is 3.57. The van der Waals surface area contributed by atoms with E-state index < -0.39 is 0 Å². The van der Waals surface area contributed by atoms with Crippen LogP contribution in [0.1, 0.15) is 23.2 Å². The van der Waals surface area contributed by atoms with E-state index in [0.29, 0.717) is 5.56 Å². The maximum atomic E-state index is 13.3. The van der Waals surface area contributed by atoms with Crippen molar-refractivity contribution in [2.45, 2.75) is 12.8 Å². The smallest absolute Gasteiger partial charge is 0.167 e. The molecule has 5 heteroatoms. The van der Waals surface area contributed by atoms with Gasteiger partial charge < -0.3 is 10.2 Å². The number of benzene rings is 1. The fourth-order valence-corrected chi connectivity index (χ4v) is 3.57. The van der Waals surface area contributed by atoms with Crippen LogP contribution in [-0.2, 0) is 0 Å². The fraction of sp³-hybridized carbons (Fsp3) is 0.611. The van der Waals surface area contributed by atoms with Crippen LogP contribution >= 0.6 is 0 Å². The zero-order valence-electron chi connectivity index (χ0n) is 13.6. The molecule has 23 heavy (non-hydrogen) atoms. The van der Waals surface area contributed by atoms with E-state index in [4.69, 9.17) is 0 Å². The summed E-state index contributed by atoms with van der Waals surface area (Å²) in [4.78, 5) is 17.5. The number of piperazine rings is 1. The molecule has 1 atom stereocenters. The zero-order valence-corrected chi connectivity index (χ0v) is 13.6. The average Bonchev–Trinajstić information content (AvgIpc) is 2.60. The predicted molar refractivity (Wildman–Crippen MR) is 89.2 cm³/mol. The first-order chi connectivity index (χ1) is 11.2. The minimum Gasteiger partial charge on any atom is -0.314 e. The van der Waals surface area contributed by atoms with Crippen LogP contribution in [0.4, 0.5) is 4.39 Å². The number of carbonyl (C=O) groups excluding carboxylic acids is 1. The van der Waals surface area contributed by atoms with Crippen molar-refractivity contribution in [2.24, 2.45) is 5.92 Å². The molecule has 4 nitrogen and oxygen atoms in total. The minimum absolute atomic E-state index is 0.00794. The van der Waals surface area contributed by atoms with Crippen molar-refractivity contribution in [2.75, 3.05) is 52.4 Å². The van der Waals surface area contributed by atoms with Gasteiger partial charge in [-0.3, -0.25) is 9.69 Å². The van der Waals surface area contributed by atoms with Crippen molar-refractivity contribution in [3.8, 4) is 0 Å². The molecule has 2 aliphatic rings. The van der Waals surface area contributed by atoms with Crippen LogP contribution in [-0.4, -0.2) is 67.9 Å². The third kappa shape index (κ3) is 4.59. The van der Waals surface area contributed by atoms with Crippen LogP contribution in [0.2, 0.25) is 0 Å². The highest BCUT2D eigenvalue weighted by atomic mass is 19.1. The molecule has 126 valence electrons. The number of halogens is 1. The second-order valence-corrected chi connectivity index (χ2v) is 6.61. The van der Waals surface area contributed by atoms with Crippen molar-refractivity contribution < 1.29 is 9.18 Å². The summed E-state index contributed by atoms with van der Waals surface area (Å²) in [6, 6.07) is 6.10. The number of carbonyl (C=O) groups is 1. The molecule has 2 heterocycles. The maximum Gasteiger partial charge on any atom is 0.167 e. The number of nitrogens with one attached hydrogen (secondary N) is 1. The summed E-state index contributed by atoms with van der Waals surface area (Å²) in [6.07, 6.45) is 1.97. The van der Waals surface area contributed by atoms with Gasteiger partial charge in [-0.05, 0) is 31.5 Å². The Morgan fingerprint density at radius 2 is 1.96 bits per heavy atom. The summed E-state index contributed by atoms with van der Waals surface area (Å²) >= 11 is 0. The molecular formula is C18H26FN3O. The zero-order chi connectivity index (χ0) is 16.1. The number of Topliss-reactive ketones (excluding diaryl/α,β-unsaturated/α-hetero) is 1. The van der Waals surface area contributed by atoms with Crippen LogP contribution in [0.3, 0.4) is 0 Å². The first-order valence-corrected chi connectivity index (χ1v) is 8.67. The minimum atomic E-state index is -0.331. The van der Waals surface area contributed by atoms with Gasteiger partial charge in [0.25, 0.3) is 0 Å². The molecule has 0 spiro atoms. The number of nitrogens with zero attached hydrogens (tertiary/aromatic N) is 2. The average molecular weight is 319 g/mol. The molecule has 0 aromatic heterocycles. The molecule has 0 aliphatic carbocycles. The third-order valence-electron chi connectivity index (χ3n) is 4.93. The van der Waals surface area contributed by atoms with Gasteiger partial charge in [0, 0.05) is 57.3 Å². The predicted octanol–water partition coefficient (Wildman–Crippen LogP) is 1.63. The number of hydrogen-bond acceptors (Lipinski definition) is 4. The lowest BCUT2D eigenvalue weighted by atomic mass is 9.90. The Labute approximate surface area is 137 Å². The summed E-state index contributed by atoms with van der Waals surface area (Å²) in [5, 5.41) is 3.37. The van der Waals surface area contributed by atoms with E-state index in [0.717, 1.165) is 65.2 Å². The Kier molecular flexibility index (Phi) is 5.75. The molecule has 0 amide bonds. The van der Waals surface area contributed by atoms with E-state index in [9.17, 15) is 9.18 Å².